The summed E-state index contributed by atoms with van der Waals surface area (Å²) in [7, 11) is 0. The van der Waals surface area contributed by atoms with Crippen LogP contribution in [-0.2, 0) is 6.54 Å². The predicted molar refractivity (Wildman–Crippen MR) is 49.8 cm³/mol. The maximum absolute atomic E-state index is 4.17. The molecule has 0 bridgehead atoms. The van der Waals surface area contributed by atoms with Gasteiger partial charge in [0.2, 0.25) is 0 Å². The molecule has 0 atom stereocenters. The maximum atomic E-state index is 4.17. The lowest BCUT2D eigenvalue weighted by Gasteiger charge is -2.00. The molecule has 0 aliphatic heterocycles. The molecule has 66 valence electrons. The average Bonchev–Trinajstić information content (AvgIpc) is 2.46. The summed E-state index contributed by atoms with van der Waals surface area (Å²) < 4.78 is 0. The first kappa shape index (κ1) is 9.00. The normalized spacial score (nSPS) is 10.1. The molecule has 1 rings (SSSR count). The number of rotatable bonds is 5. The summed E-state index contributed by atoms with van der Waals surface area (Å²) in [6, 6.07) is 0. The highest BCUT2D eigenvalue weighted by atomic mass is 14.9. The smallest absolute Gasteiger partial charge is 0.0925 e. The summed E-state index contributed by atoms with van der Waals surface area (Å²) in [5.41, 5.74) is 2.24. The number of hydrogen-bond acceptors (Lipinski definition) is 2. The minimum atomic E-state index is 0.836. The van der Waals surface area contributed by atoms with Crippen molar-refractivity contribution in [2.45, 2.75) is 19.9 Å². The third-order valence-electron chi connectivity index (χ3n) is 1.75. The molecule has 3 nitrogen and oxygen atoms in total. The van der Waals surface area contributed by atoms with Crippen molar-refractivity contribution in [1.29, 1.82) is 0 Å². The quantitative estimate of drug-likeness (QED) is 0.511. The lowest BCUT2D eigenvalue weighted by atomic mass is 10.3. The van der Waals surface area contributed by atoms with E-state index in [-0.39, 0.29) is 0 Å². The summed E-state index contributed by atoms with van der Waals surface area (Å²) in [6.45, 7) is 7.48. The second-order valence-electron chi connectivity index (χ2n) is 2.73. The van der Waals surface area contributed by atoms with Crippen LogP contribution in [0.25, 0.3) is 0 Å². The van der Waals surface area contributed by atoms with Crippen LogP contribution in [0.3, 0.4) is 0 Å². The van der Waals surface area contributed by atoms with E-state index in [9.17, 15) is 0 Å². The van der Waals surface area contributed by atoms with Gasteiger partial charge in [-0.3, -0.25) is 0 Å². The molecule has 0 saturated carbocycles. The van der Waals surface area contributed by atoms with Gasteiger partial charge >= 0.3 is 0 Å². The topological polar surface area (TPSA) is 40.7 Å². The Bertz CT molecular complexity index is 240. The monoisotopic (exact) mass is 165 g/mol. The van der Waals surface area contributed by atoms with Gasteiger partial charge in [-0.25, -0.2) is 4.98 Å². The van der Waals surface area contributed by atoms with Gasteiger partial charge in [0, 0.05) is 12.2 Å². The number of hydrogen-bond donors (Lipinski definition) is 2. The van der Waals surface area contributed by atoms with Crippen molar-refractivity contribution in [3.05, 3.63) is 30.4 Å². The third-order valence-corrected chi connectivity index (χ3v) is 1.75. The van der Waals surface area contributed by atoms with E-state index in [2.05, 4.69) is 21.9 Å². The van der Waals surface area contributed by atoms with Crippen LogP contribution in [0.15, 0.2) is 19.0 Å². The molecule has 0 spiro atoms. The fourth-order valence-electron chi connectivity index (χ4n) is 0.976. The van der Waals surface area contributed by atoms with Gasteiger partial charge in [-0.05, 0) is 19.9 Å². The molecule has 1 aromatic rings. The van der Waals surface area contributed by atoms with E-state index in [0.29, 0.717) is 0 Å². The van der Waals surface area contributed by atoms with Crippen molar-refractivity contribution in [2.75, 3.05) is 6.54 Å². The second-order valence-corrected chi connectivity index (χ2v) is 2.73. The van der Waals surface area contributed by atoms with Crippen molar-refractivity contribution in [2.24, 2.45) is 0 Å². The summed E-state index contributed by atoms with van der Waals surface area (Å²) in [6.07, 6.45) is 4.63. The SMILES string of the molecule is C=CCCNCc1nc[nH]c1C. The van der Waals surface area contributed by atoms with Crippen LogP contribution >= 0.6 is 0 Å². The highest BCUT2D eigenvalue weighted by Crippen LogP contribution is 1.98. The molecule has 12 heavy (non-hydrogen) atoms. The molecular weight excluding hydrogens is 150 g/mol. The van der Waals surface area contributed by atoms with Gasteiger partial charge in [-0.1, -0.05) is 6.08 Å². The van der Waals surface area contributed by atoms with Crippen molar-refractivity contribution >= 4 is 0 Å². The molecule has 0 aliphatic carbocycles. The Hall–Kier alpha value is -1.09. The molecule has 0 fully saturated rings. The van der Waals surface area contributed by atoms with E-state index in [0.717, 1.165) is 30.9 Å². The van der Waals surface area contributed by atoms with Gasteiger partial charge in [0.05, 0.1) is 12.0 Å². The van der Waals surface area contributed by atoms with E-state index < -0.39 is 0 Å². The standard InChI is InChI=1S/C9H15N3/c1-3-4-5-10-6-9-8(2)11-7-12-9/h3,7,10H,1,4-6H2,2H3,(H,11,12). The minimum Gasteiger partial charge on any atom is -0.348 e. The third kappa shape index (κ3) is 2.51. The molecule has 0 amide bonds. The van der Waals surface area contributed by atoms with Crippen LogP contribution in [-0.4, -0.2) is 16.5 Å². The van der Waals surface area contributed by atoms with E-state index in [4.69, 9.17) is 0 Å². The van der Waals surface area contributed by atoms with Crippen LogP contribution in [0.2, 0.25) is 0 Å². The lowest BCUT2D eigenvalue weighted by molar-refractivity contribution is 0.682. The Balaban J connectivity index is 2.24. The number of nitrogens with zero attached hydrogens (tertiary/aromatic N) is 1. The first-order valence-electron chi connectivity index (χ1n) is 4.15. The average molecular weight is 165 g/mol. The Morgan fingerprint density at radius 3 is 3.17 bits per heavy atom. The van der Waals surface area contributed by atoms with Gasteiger partial charge < -0.3 is 10.3 Å². The lowest BCUT2D eigenvalue weighted by Crippen LogP contribution is -2.14. The molecule has 0 saturated heterocycles. The van der Waals surface area contributed by atoms with Crippen molar-refractivity contribution in [3.8, 4) is 0 Å². The second kappa shape index (κ2) is 4.72. The molecule has 2 N–H and O–H groups in total. The van der Waals surface area contributed by atoms with E-state index in [1.165, 1.54) is 0 Å². The molecular formula is C9H15N3. The van der Waals surface area contributed by atoms with Crippen LogP contribution in [0.1, 0.15) is 17.8 Å². The molecule has 0 unspecified atom stereocenters. The zero-order valence-corrected chi connectivity index (χ0v) is 7.43. The first-order chi connectivity index (χ1) is 5.84. The first-order valence-corrected chi connectivity index (χ1v) is 4.15. The largest absolute Gasteiger partial charge is 0.348 e. The zero-order valence-electron chi connectivity index (χ0n) is 7.43. The number of imidazole rings is 1. The van der Waals surface area contributed by atoms with Crippen molar-refractivity contribution in [1.82, 2.24) is 15.3 Å². The predicted octanol–water partition coefficient (Wildman–Crippen LogP) is 1.38. The molecule has 3 heteroatoms. The van der Waals surface area contributed by atoms with Crippen LogP contribution in [0.5, 0.6) is 0 Å². The maximum Gasteiger partial charge on any atom is 0.0925 e. The zero-order chi connectivity index (χ0) is 8.81. The number of aromatic nitrogens is 2. The Labute approximate surface area is 72.9 Å². The van der Waals surface area contributed by atoms with E-state index in [1.807, 2.05) is 13.0 Å². The summed E-state index contributed by atoms with van der Waals surface area (Å²) in [4.78, 5) is 7.21. The summed E-state index contributed by atoms with van der Waals surface area (Å²) in [5.74, 6) is 0. The molecule has 0 radical (unpaired) electrons. The van der Waals surface area contributed by atoms with Gasteiger partial charge in [-0.15, -0.1) is 6.58 Å². The van der Waals surface area contributed by atoms with Crippen LogP contribution < -0.4 is 5.32 Å². The fraction of sp³-hybridized carbons (Fsp3) is 0.444. The number of nitrogens with one attached hydrogen (secondary N) is 2. The van der Waals surface area contributed by atoms with Gasteiger partial charge in [0.15, 0.2) is 0 Å². The minimum absolute atomic E-state index is 0.836. The number of H-pyrrole nitrogens is 1. The summed E-state index contributed by atoms with van der Waals surface area (Å²) in [5, 5.41) is 3.28. The van der Waals surface area contributed by atoms with Gasteiger partial charge in [0.25, 0.3) is 0 Å². The molecule has 1 heterocycles. The van der Waals surface area contributed by atoms with Gasteiger partial charge in [-0.2, -0.15) is 0 Å². The van der Waals surface area contributed by atoms with E-state index >= 15 is 0 Å². The fourth-order valence-corrected chi connectivity index (χ4v) is 0.976. The highest BCUT2D eigenvalue weighted by molar-refractivity contribution is 5.07. The van der Waals surface area contributed by atoms with E-state index in [1.54, 1.807) is 6.33 Å². The highest BCUT2D eigenvalue weighted by Gasteiger charge is 1.97. The number of aromatic amines is 1. The van der Waals surface area contributed by atoms with Crippen LogP contribution in [0.4, 0.5) is 0 Å². The molecule has 0 aliphatic rings. The summed E-state index contributed by atoms with van der Waals surface area (Å²) >= 11 is 0. The molecule has 1 aromatic heterocycles. The Kier molecular flexibility index (Phi) is 3.54. The number of aryl methyl sites for hydroxylation is 1. The van der Waals surface area contributed by atoms with Crippen LogP contribution in [0, 0.1) is 6.92 Å². The van der Waals surface area contributed by atoms with Gasteiger partial charge in [0.1, 0.15) is 0 Å². The Morgan fingerprint density at radius 2 is 2.58 bits per heavy atom. The molecule has 0 aromatic carbocycles. The van der Waals surface area contributed by atoms with Crippen molar-refractivity contribution in [3.63, 3.8) is 0 Å². The Morgan fingerprint density at radius 1 is 1.75 bits per heavy atom. The van der Waals surface area contributed by atoms with Crippen molar-refractivity contribution < 1.29 is 0 Å².